The van der Waals surface area contributed by atoms with E-state index in [4.69, 9.17) is 0 Å². The van der Waals surface area contributed by atoms with E-state index in [0.29, 0.717) is 25.7 Å². The van der Waals surface area contributed by atoms with E-state index in [2.05, 4.69) is 15.6 Å². The molecule has 0 bridgehead atoms. The van der Waals surface area contributed by atoms with Gasteiger partial charge in [-0.25, -0.2) is 22.2 Å². The van der Waals surface area contributed by atoms with Crippen molar-refractivity contribution in [2.75, 3.05) is 11.6 Å². The summed E-state index contributed by atoms with van der Waals surface area (Å²) in [7, 11) is -3.64. The van der Waals surface area contributed by atoms with Crippen LogP contribution in [0.25, 0.3) is 10.9 Å². The van der Waals surface area contributed by atoms with Gasteiger partial charge >= 0.3 is 6.18 Å². The maximum atomic E-state index is 14.4. The van der Waals surface area contributed by atoms with Gasteiger partial charge in [0.25, 0.3) is 5.91 Å². The highest BCUT2D eigenvalue weighted by atomic mass is 32.2. The molecule has 4 rings (SSSR count). The van der Waals surface area contributed by atoms with Gasteiger partial charge in [-0.3, -0.25) is 4.79 Å². The molecule has 1 aromatic heterocycles. The van der Waals surface area contributed by atoms with Crippen molar-refractivity contribution in [1.82, 2.24) is 10.3 Å². The minimum atomic E-state index is -4.70. The van der Waals surface area contributed by atoms with Crippen LogP contribution in [-0.2, 0) is 16.0 Å². The van der Waals surface area contributed by atoms with Crippen LogP contribution < -0.4 is 10.6 Å². The number of pyridine rings is 1. The summed E-state index contributed by atoms with van der Waals surface area (Å²) in [5.41, 5.74) is -1.37. The number of nitrogens with zero attached hydrogens (tertiary/aromatic N) is 1. The SMILES string of the molecule is CS(=O)(=O)c1ccc(C(=O)N[C@@H]2CCC[C@H](Nc3cc(C(F)(F)F)nc4ccc(F)cc34)C2)c(F)c1. The largest absolute Gasteiger partial charge is 0.433 e. The molecule has 0 saturated heterocycles. The number of sulfone groups is 1. The molecule has 2 atom stereocenters. The van der Waals surface area contributed by atoms with Gasteiger partial charge in [-0.15, -0.1) is 0 Å². The van der Waals surface area contributed by atoms with Crippen molar-refractivity contribution >= 4 is 32.3 Å². The number of fused-ring (bicyclic) bond motifs is 1. The Morgan fingerprint density at radius 3 is 2.42 bits per heavy atom. The van der Waals surface area contributed by atoms with Gasteiger partial charge in [0, 0.05) is 29.4 Å². The molecule has 3 aromatic rings. The highest BCUT2D eigenvalue weighted by Crippen LogP contribution is 2.34. The molecule has 2 N–H and O–H groups in total. The van der Waals surface area contributed by atoms with Crippen LogP contribution in [0, 0.1) is 11.6 Å². The Hall–Kier alpha value is -3.28. The lowest BCUT2D eigenvalue weighted by molar-refractivity contribution is -0.140. The van der Waals surface area contributed by atoms with Gasteiger partial charge in [-0.2, -0.15) is 13.2 Å². The van der Waals surface area contributed by atoms with Crippen molar-refractivity contribution in [1.29, 1.82) is 0 Å². The standard InChI is InChI=1S/C24H22F5N3O3S/c1-36(34,35)16-6-7-17(19(26)11-16)23(33)31-15-4-2-3-14(10-15)30-21-12-22(24(27,28)29)32-20-8-5-13(25)9-18(20)21/h5-9,11-12,14-15H,2-4,10H2,1H3,(H,30,32)(H,31,33)/t14-,15+/m0/s1. The molecule has 2 aromatic carbocycles. The highest BCUT2D eigenvalue weighted by Gasteiger charge is 2.34. The smallest absolute Gasteiger partial charge is 0.382 e. The Bertz CT molecular complexity index is 1430. The molecule has 0 spiro atoms. The van der Waals surface area contributed by atoms with Crippen LogP contribution in [0.15, 0.2) is 47.4 Å². The number of amides is 1. The molecule has 0 radical (unpaired) electrons. The quantitative estimate of drug-likeness (QED) is 0.452. The van der Waals surface area contributed by atoms with Crippen molar-refractivity contribution in [2.45, 2.75) is 48.8 Å². The number of halogens is 5. The molecule has 0 aliphatic heterocycles. The topological polar surface area (TPSA) is 88.2 Å². The fourth-order valence-corrected chi connectivity index (χ4v) is 4.94. The van der Waals surface area contributed by atoms with Gasteiger partial charge in [-0.05, 0) is 68.1 Å². The van der Waals surface area contributed by atoms with Crippen molar-refractivity contribution in [3.8, 4) is 0 Å². The second-order valence-corrected chi connectivity index (χ2v) is 10.8. The van der Waals surface area contributed by atoms with Gasteiger partial charge in [0.1, 0.15) is 17.3 Å². The van der Waals surface area contributed by atoms with Crippen LogP contribution in [0.3, 0.4) is 0 Å². The lowest BCUT2D eigenvalue weighted by atomic mass is 9.90. The number of rotatable bonds is 5. The van der Waals surface area contributed by atoms with Gasteiger partial charge < -0.3 is 10.6 Å². The molecule has 1 fully saturated rings. The molecule has 1 saturated carbocycles. The van der Waals surface area contributed by atoms with E-state index in [-0.39, 0.29) is 33.1 Å². The van der Waals surface area contributed by atoms with Crippen LogP contribution in [0.5, 0.6) is 0 Å². The third kappa shape index (κ3) is 5.75. The number of anilines is 1. The highest BCUT2D eigenvalue weighted by molar-refractivity contribution is 7.90. The molecule has 1 heterocycles. The first kappa shape index (κ1) is 25.8. The van der Waals surface area contributed by atoms with Crippen LogP contribution in [0.4, 0.5) is 27.6 Å². The minimum Gasteiger partial charge on any atom is -0.382 e. The summed E-state index contributed by atoms with van der Waals surface area (Å²) < 4.78 is 91.5. The van der Waals surface area contributed by atoms with Crippen LogP contribution in [0.1, 0.15) is 41.7 Å². The number of aromatic nitrogens is 1. The molecule has 12 heteroatoms. The van der Waals surface area contributed by atoms with E-state index < -0.39 is 45.3 Å². The summed E-state index contributed by atoms with van der Waals surface area (Å²) >= 11 is 0. The van der Waals surface area contributed by atoms with E-state index >= 15 is 0 Å². The lowest BCUT2D eigenvalue weighted by Gasteiger charge is -2.31. The summed E-state index contributed by atoms with van der Waals surface area (Å²) in [4.78, 5) is 16.0. The van der Waals surface area contributed by atoms with Crippen molar-refractivity contribution in [3.05, 3.63) is 65.4 Å². The van der Waals surface area contributed by atoms with E-state index in [9.17, 15) is 35.2 Å². The molecular weight excluding hydrogens is 505 g/mol. The predicted molar refractivity (Wildman–Crippen MR) is 123 cm³/mol. The zero-order valence-corrected chi connectivity index (χ0v) is 19.8. The van der Waals surface area contributed by atoms with Gasteiger partial charge in [-0.1, -0.05) is 0 Å². The van der Waals surface area contributed by atoms with Gasteiger partial charge in [0.05, 0.1) is 16.0 Å². The van der Waals surface area contributed by atoms with Gasteiger partial charge in [0.15, 0.2) is 9.84 Å². The van der Waals surface area contributed by atoms with Crippen molar-refractivity contribution in [2.24, 2.45) is 0 Å². The zero-order chi connectivity index (χ0) is 26.3. The number of nitrogens with one attached hydrogen (secondary N) is 2. The monoisotopic (exact) mass is 527 g/mol. The minimum absolute atomic E-state index is 0.0117. The number of hydrogen-bond donors (Lipinski definition) is 2. The van der Waals surface area contributed by atoms with E-state index in [1.165, 1.54) is 6.07 Å². The second kappa shape index (κ2) is 9.64. The average molecular weight is 528 g/mol. The molecule has 192 valence electrons. The summed E-state index contributed by atoms with van der Waals surface area (Å²) in [6.07, 6.45) is -1.67. The second-order valence-electron chi connectivity index (χ2n) is 8.81. The Morgan fingerprint density at radius 1 is 1.03 bits per heavy atom. The zero-order valence-electron chi connectivity index (χ0n) is 19.0. The molecule has 1 amide bonds. The summed E-state index contributed by atoms with van der Waals surface area (Å²) in [5.74, 6) is -2.33. The van der Waals surface area contributed by atoms with Crippen molar-refractivity contribution in [3.63, 3.8) is 0 Å². The Labute approximate surface area is 203 Å². The van der Waals surface area contributed by atoms with E-state index in [1.54, 1.807) is 0 Å². The Kier molecular flexibility index (Phi) is 6.91. The van der Waals surface area contributed by atoms with Crippen LogP contribution in [-0.4, -0.2) is 37.6 Å². The Morgan fingerprint density at radius 2 is 1.75 bits per heavy atom. The number of hydrogen-bond acceptors (Lipinski definition) is 5. The molecule has 36 heavy (non-hydrogen) atoms. The first-order valence-corrected chi connectivity index (χ1v) is 12.9. The molecular formula is C24H22F5N3O3S. The fourth-order valence-electron chi connectivity index (χ4n) is 4.31. The molecule has 0 unspecified atom stereocenters. The number of alkyl halides is 3. The maximum Gasteiger partial charge on any atom is 0.433 e. The summed E-state index contributed by atoms with van der Waals surface area (Å²) in [6.45, 7) is 0. The fraction of sp³-hybridized carbons (Fsp3) is 0.333. The van der Waals surface area contributed by atoms with E-state index in [0.717, 1.165) is 42.7 Å². The van der Waals surface area contributed by atoms with Crippen LogP contribution in [0.2, 0.25) is 0 Å². The Balaban J connectivity index is 1.52. The first-order valence-electron chi connectivity index (χ1n) is 11.1. The maximum absolute atomic E-state index is 14.4. The molecule has 1 aliphatic carbocycles. The third-order valence-corrected chi connectivity index (χ3v) is 7.15. The lowest BCUT2D eigenvalue weighted by Crippen LogP contribution is -2.42. The predicted octanol–water partition coefficient (Wildman–Crippen LogP) is 5.09. The average Bonchev–Trinajstić information content (AvgIpc) is 2.78. The van der Waals surface area contributed by atoms with E-state index in [1.807, 2.05) is 0 Å². The van der Waals surface area contributed by atoms with Crippen LogP contribution >= 0.6 is 0 Å². The summed E-state index contributed by atoms with van der Waals surface area (Å²) in [5, 5.41) is 5.95. The third-order valence-electron chi connectivity index (χ3n) is 6.04. The van der Waals surface area contributed by atoms with Gasteiger partial charge in [0.2, 0.25) is 0 Å². The normalized spacial score (nSPS) is 18.7. The number of carbonyl (C=O) groups excluding carboxylic acids is 1. The molecule has 6 nitrogen and oxygen atoms in total. The summed E-state index contributed by atoms with van der Waals surface area (Å²) in [6, 6.07) is 6.41. The number of carbonyl (C=O) groups is 1. The molecule has 1 aliphatic rings. The van der Waals surface area contributed by atoms with Crippen molar-refractivity contribution < 1.29 is 35.2 Å². The number of benzene rings is 2. The first-order chi connectivity index (χ1) is 16.8.